The van der Waals surface area contributed by atoms with Crippen molar-refractivity contribution in [1.82, 2.24) is 34.9 Å². The van der Waals surface area contributed by atoms with Crippen LogP contribution in [0.15, 0.2) is 242 Å². The van der Waals surface area contributed by atoms with Gasteiger partial charge in [0.2, 0.25) is 5.91 Å². The summed E-state index contributed by atoms with van der Waals surface area (Å²) in [5.41, 5.74) is 6.43. The van der Waals surface area contributed by atoms with E-state index in [9.17, 15) is 14.4 Å². The van der Waals surface area contributed by atoms with Gasteiger partial charge in [-0.15, -0.1) is 10.2 Å². The molecule has 0 bridgehead atoms. The first-order valence-electron chi connectivity index (χ1n) is 27.4. The van der Waals surface area contributed by atoms with Crippen LogP contribution in [0.2, 0.25) is 5.02 Å². The summed E-state index contributed by atoms with van der Waals surface area (Å²) in [4.78, 5) is 43.6. The SMILES string of the molecule is C1=CCC=C1.C1=CCC=C1.O=C(/C=C/C1=CCC=C1)c1ccc(OCCCn2cc(CN(Cc3cn(CCCOc4ccc(C(=O)/C=C/C5=CCC=C5)cc4)nn3)[C@@H]3C(=O)N(c4ccc(Cl)cc4)[C@@H]3/C=C/c3ccccc3)nn2)cc1.[Fe+2].[Fe+2]. The fraction of sp³-hybridized carbons (Fsp3) is 0.209. The van der Waals surface area contributed by atoms with E-state index in [-0.39, 0.29) is 57.7 Å². The molecule has 1 aliphatic heterocycles. The third-order valence-electron chi connectivity index (χ3n) is 13.4. The number of β-lactam (4-membered cyclic amide) rings is 1. The number of aromatic nitrogens is 6. The predicted molar refractivity (Wildman–Crippen MR) is 321 cm³/mol. The monoisotopic (exact) mass is 1210 g/mol. The average molecular weight is 1210 g/mol. The first-order valence-corrected chi connectivity index (χ1v) is 27.8. The van der Waals surface area contributed by atoms with E-state index < -0.39 is 6.04 Å². The minimum Gasteiger partial charge on any atom is -0.494 e. The molecule has 1 amide bonds. The van der Waals surface area contributed by atoms with Crippen molar-refractivity contribution in [2.75, 3.05) is 18.1 Å². The van der Waals surface area contributed by atoms with Gasteiger partial charge in [-0.05, 0) is 127 Å². The van der Waals surface area contributed by atoms with Gasteiger partial charge in [0.15, 0.2) is 11.6 Å². The Morgan fingerprint density at radius 1 is 0.590 bits per heavy atom. The number of ketones is 2. The number of amides is 1. The van der Waals surface area contributed by atoms with Crippen LogP contribution in [0.1, 0.15) is 76.2 Å². The van der Waals surface area contributed by atoms with Gasteiger partial charge in [-0.1, -0.05) is 162 Å². The maximum absolute atomic E-state index is 14.4. The molecule has 5 aliphatic rings. The number of carbonyl (C=O) groups is 3. The van der Waals surface area contributed by atoms with Crippen LogP contribution in [0.4, 0.5) is 5.69 Å². The van der Waals surface area contributed by atoms with Gasteiger partial charge in [0.05, 0.1) is 30.6 Å². The Hall–Kier alpha value is -8.00. The van der Waals surface area contributed by atoms with E-state index in [4.69, 9.17) is 21.1 Å². The van der Waals surface area contributed by atoms with E-state index in [2.05, 4.69) is 105 Å². The number of anilines is 1. The summed E-state index contributed by atoms with van der Waals surface area (Å²) in [6, 6.07) is 30.8. The molecule has 11 rings (SSSR count). The number of rotatable bonds is 24. The van der Waals surface area contributed by atoms with E-state index >= 15 is 0 Å². The normalized spacial score (nSPS) is 16.2. The van der Waals surface area contributed by atoms with E-state index in [1.165, 1.54) is 0 Å². The number of allylic oxidation sites excluding steroid dienone is 20. The summed E-state index contributed by atoms with van der Waals surface area (Å²) < 4.78 is 15.6. The zero-order chi connectivity index (χ0) is 55.9. The fourth-order valence-corrected chi connectivity index (χ4v) is 9.35. The standard InChI is InChI=1S/C57H53ClN8O5.2C5H6.2Fe/c58-47-23-25-50(26-24-47)66-53(31-16-42-10-2-1-3-11-42)56(57(66)69)63(38-48-40-64(61-59-48)34-8-36-70-51-27-19-45(20-28-51)54(67)32-17-43-12-4-5-13-43)39-49-41-65(62-60-49)35-9-37-71-52-29-21-46(22-30-52)55(68)33-18-44-14-6-7-15-44;2*1-2-4-5-3-1;;/h1-4,6,10-33,40-41,53,56H,5,7-9,34-39H2;2*1-4H,5H2;;/q;;;2*+2/b31-16+,32-17+,33-18+;;;;/t53-,56+;;;;/m1..../s1. The number of carbonyl (C=O) groups excluding carboxylic acids is 3. The van der Waals surface area contributed by atoms with Gasteiger partial charge in [0, 0.05) is 73.3 Å². The molecule has 422 valence electrons. The van der Waals surface area contributed by atoms with E-state index in [1.807, 2.05) is 110 Å². The zero-order valence-electron chi connectivity index (χ0n) is 45.9. The topological polar surface area (TPSA) is 138 Å². The van der Waals surface area contributed by atoms with Gasteiger partial charge < -0.3 is 14.4 Å². The van der Waals surface area contributed by atoms with Crippen LogP contribution in [0, 0.1) is 0 Å². The molecule has 0 saturated carbocycles. The van der Waals surface area contributed by atoms with Crippen molar-refractivity contribution in [2.45, 2.75) is 76.8 Å². The van der Waals surface area contributed by atoms with Gasteiger partial charge in [-0.25, -0.2) is 0 Å². The molecule has 2 atom stereocenters. The molecule has 3 heterocycles. The molecular formula is C67H65ClFe2N8O5+4. The molecule has 13 nitrogen and oxygen atoms in total. The maximum atomic E-state index is 14.4. The maximum Gasteiger partial charge on any atom is 2.00 e. The molecule has 1 fully saturated rings. The van der Waals surface area contributed by atoms with Crippen LogP contribution in [0.3, 0.4) is 0 Å². The number of benzene rings is 4. The Kier molecular flexibility index (Phi) is 25.0. The third kappa shape index (κ3) is 19.3. The van der Waals surface area contributed by atoms with E-state index in [0.717, 1.165) is 48.1 Å². The van der Waals surface area contributed by atoms with Crippen molar-refractivity contribution in [2.24, 2.45) is 0 Å². The third-order valence-corrected chi connectivity index (χ3v) is 13.7. The number of ether oxygens (including phenoxy) is 2. The first-order chi connectivity index (χ1) is 39.8. The molecule has 0 spiro atoms. The molecule has 4 aliphatic carbocycles. The van der Waals surface area contributed by atoms with Crippen LogP contribution in [-0.4, -0.2) is 77.7 Å². The van der Waals surface area contributed by atoms with Crippen LogP contribution in [0.5, 0.6) is 11.5 Å². The van der Waals surface area contributed by atoms with Crippen molar-refractivity contribution in [1.29, 1.82) is 0 Å². The summed E-state index contributed by atoms with van der Waals surface area (Å²) in [6.07, 6.45) is 49.2. The Morgan fingerprint density at radius 3 is 1.51 bits per heavy atom. The zero-order valence-corrected chi connectivity index (χ0v) is 48.8. The van der Waals surface area contributed by atoms with Crippen LogP contribution < -0.4 is 14.4 Å². The smallest absolute Gasteiger partial charge is 0.494 e. The Bertz CT molecular complexity index is 3240. The molecule has 1 saturated heterocycles. The number of hydrogen-bond donors (Lipinski definition) is 0. The van der Waals surface area contributed by atoms with Crippen LogP contribution in [0.25, 0.3) is 6.08 Å². The fourth-order valence-electron chi connectivity index (χ4n) is 9.23. The molecule has 2 aromatic heterocycles. The van der Waals surface area contributed by atoms with Gasteiger partial charge in [0.1, 0.15) is 17.5 Å². The summed E-state index contributed by atoms with van der Waals surface area (Å²) in [5, 5.41) is 18.5. The van der Waals surface area contributed by atoms with Gasteiger partial charge in [-0.2, -0.15) is 0 Å². The summed E-state index contributed by atoms with van der Waals surface area (Å²) >= 11 is 6.27. The van der Waals surface area contributed by atoms with Crippen molar-refractivity contribution in [3.05, 3.63) is 275 Å². The summed E-state index contributed by atoms with van der Waals surface area (Å²) in [5.74, 6) is 1.17. The second-order valence-electron chi connectivity index (χ2n) is 19.5. The predicted octanol–water partition coefficient (Wildman–Crippen LogP) is 13.2. The molecular weight excluding hydrogens is 1140 g/mol. The molecule has 4 aromatic carbocycles. The second-order valence-corrected chi connectivity index (χ2v) is 19.9. The van der Waals surface area contributed by atoms with Crippen LogP contribution >= 0.6 is 11.6 Å². The van der Waals surface area contributed by atoms with Gasteiger partial charge in [-0.3, -0.25) is 28.6 Å². The van der Waals surface area contributed by atoms with Crippen molar-refractivity contribution in [3.8, 4) is 11.5 Å². The Balaban J connectivity index is 0.000000747. The van der Waals surface area contributed by atoms with Crippen molar-refractivity contribution < 1.29 is 58.0 Å². The molecule has 0 unspecified atom stereocenters. The number of hydrogen-bond acceptors (Lipinski definition) is 10. The summed E-state index contributed by atoms with van der Waals surface area (Å²) in [6.45, 7) is 2.64. The first kappa shape index (κ1) is 62.6. The van der Waals surface area contributed by atoms with E-state index in [1.54, 1.807) is 62.8 Å². The van der Waals surface area contributed by atoms with Gasteiger partial charge in [0.25, 0.3) is 0 Å². The summed E-state index contributed by atoms with van der Waals surface area (Å²) in [7, 11) is 0. The molecule has 0 radical (unpaired) electrons. The largest absolute Gasteiger partial charge is 2.00 e. The Labute approximate surface area is 512 Å². The molecule has 16 heteroatoms. The minimum absolute atomic E-state index is 0. The van der Waals surface area contributed by atoms with E-state index in [0.29, 0.717) is 91.3 Å². The number of aryl methyl sites for hydroxylation is 2. The molecule has 0 N–H and O–H groups in total. The number of nitrogens with zero attached hydrogens (tertiary/aromatic N) is 8. The van der Waals surface area contributed by atoms with Crippen molar-refractivity contribution in [3.63, 3.8) is 0 Å². The van der Waals surface area contributed by atoms with Gasteiger partial charge >= 0.3 is 34.1 Å². The quantitative estimate of drug-likeness (QED) is 0.0189. The van der Waals surface area contributed by atoms with Crippen molar-refractivity contribution >= 4 is 40.8 Å². The average Bonchev–Trinajstić information content (AvgIpc) is 4.51. The van der Waals surface area contributed by atoms with Crippen LogP contribution in [-0.2, 0) is 65.1 Å². The minimum atomic E-state index is -0.554. The second kappa shape index (κ2) is 33.2. The number of halogens is 1. The Morgan fingerprint density at radius 2 is 1.07 bits per heavy atom. The molecule has 83 heavy (non-hydrogen) atoms. The molecule has 6 aromatic rings.